The number of aryl methyl sites for hydroxylation is 1. The third-order valence-electron chi connectivity index (χ3n) is 13.3. The second-order valence-electron chi connectivity index (χ2n) is 18.5. The molecule has 0 fully saturated rings. The van der Waals surface area contributed by atoms with E-state index in [2.05, 4.69) is 303 Å². The highest BCUT2D eigenvalue weighted by molar-refractivity contribution is 7.25. The maximum absolute atomic E-state index is 3.92. The number of anilines is 7. The van der Waals surface area contributed by atoms with Crippen molar-refractivity contribution >= 4 is 76.9 Å². The summed E-state index contributed by atoms with van der Waals surface area (Å²) in [7, 11) is 4.16. The van der Waals surface area contributed by atoms with E-state index in [1.165, 1.54) is 53.7 Å². The molecule has 74 heavy (non-hydrogen) atoms. The van der Waals surface area contributed by atoms with E-state index in [0.717, 1.165) is 56.4 Å². The molecule has 0 spiro atoms. The second-order valence-corrected chi connectivity index (χ2v) is 19.6. The van der Waals surface area contributed by atoms with Crippen LogP contribution in [0.3, 0.4) is 0 Å². The molecule has 0 aliphatic heterocycles. The molecule has 0 amide bonds. The van der Waals surface area contributed by atoms with E-state index in [4.69, 9.17) is 0 Å². The van der Waals surface area contributed by atoms with Gasteiger partial charge in [0.2, 0.25) is 0 Å². The van der Waals surface area contributed by atoms with E-state index in [-0.39, 0.29) is 0 Å². The molecule has 0 atom stereocenters. The second kappa shape index (κ2) is 22.6. The van der Waals surface area contributed by atoms with Gasteiger partial charge >= 0.3 is 0 Å². The van der Waals surface area contributed by atoms with Crippen molar-refractivity contribution in [3.05, 3.63) is 291 Å². The van der Waals surface area contributed by atoms with E-state index < -0.39 is 0 Å². The largest absolute Gasteiger partial charge is 0.378 e. The Balaban J connectivity index is 0.000000330. The first-order chi connectivity index (χ1) is 36.3. The summed E-state index contributed by atoms with van der Waals surface area (Å²) in [6, 6.07) is 89.2. The molecule has 0 N–H and O–H groups in total. The molecule has 0 saturated carbocycles. The SMILES string of the molecule is C=C/C=C(\C=C/C)c1ccc(N(c2ccc(-c3ccccc3)cc2)c2ccc(-c3ccc(N(c4ccc(-c5ccccc5)cc4)c4cccc(C)c4)cc3)cc2)cc1.CN(C)c1ccc2sc3ccccc3c2c1. The Morgan fingerprint density at radius 1 is 0.392 bits per heavy atom. The molecule has 0 aliphatic rings. The van der Waals surface area contributed by atoms with Crippen molar-refractivity contribution < 1.29 is 0 Å². The molecule has 4 heteroatoms. The van der Waals surface area contributed by atoms with Gasteiger partial charge in [0.05, 0.1) is 0 Å². The molecule has 0 saturated heterocycles. The minimum atomic E-state index is 1.08. The molecule has 11 rings (SSSR count). The zero-order chi connectivity index (χ0) is 50.8. The third-order valence-corrected chi connectivity index (χ3v) is 14.4. The van der Waals surface area contributed by atoms with Crippen molar-refractivity contribution in [1.29, 1.82) is 0 Å². The van der Waals surface area contributed by atoms with E-state index in [0.29, 0.717) is 0 Å². The Hall–Kier alpha value is -8.96. The van der Waals surface area contributed by atoms with Crippen molar-refractivity contribution in [2.45, 2.75) is 13.8 Å². The quantitative estimate of drug-likeness (QED) is 0.107. The Bertz CT molecular complexity index is 3680. The van der Waals surface area contributed by atoms with Crippen molar-refractivity contribution in [3.8, 4) is 33.4 Å². The van der Waals surface area contributed by atoms with Crippen molar-refractivity contribution in [3.63, 3.8) is 0 Å². The fraction of sp³-hybridized carbons (Fsp3) is 0.0571. The fourth-order valence-corrected chi connectivity index (χ4v) is 10.6. The lowest BCUT2D eigenvalue weighted by atomic mass is 10.0. The zero-order valence-corrected chi connectivity index (χ0v) is 43.3. The van der Waals surface area contributed by atoms with Crippen LogP contribution in [-0.2, 0) is 0 Å². The average molecular weight is 974 g/mol. The fourth-order valence-electron chi connectivity index (χ4n) is 9.48. The van der Waals surface area contributed by atoms with Crippen LogP contribution in [0.15, 0.2) is 280 Å². The maximum atomic E-state index is 3.92. The van der Waals surface area contributed by atoms with Gasteiger partial charge in [-0.2, -0.15) is 0 Å². The van der Waals surface area contributed by atoms with Gasteiger partial charge < -0.3 is 14.7 Å². The zero-order valence-electron chi connectivity index (χ0n) is 42.4. The summed E-state index contributed by atoms with van der Waals surface area (Å²) in [6.45, 7) is 8.10. The van der Waals surface area contributed by atoms with E-state index >= 15 is 0 Å². The molecule has 11 aromatic rings. The summed E-state index contributed by atoms with van der Waals surface area (Å²) in [5.41, 5.74) is 18.5. The number of allylic oxidation sites excluding steroid dienone is 5. The number of rotatable bonds is 13. The normalized spacial score (nSPS) is 11.3. The number of fused-ring (bicyclic) bond motifs is 3. The number of nitrogens with zero attached hydrogens (tertiary/aromatic N) is 3. The summed E-state index contributed by atoms with van der Waals surface area (Å²) in [5.74, 6) is 0. The molecule has 0 bridgehead atoms. The van der Waals surface area contributed by atoms with Gasteiger partial charge in [-0.3, -0.25) is 0 Å². The van der Waals surface area contributed by atoms with Crippen LogP contribution in [0.25, 0.3) is 59.1 Å². The monoisotopic (exact) mass is 973 g/mol. The highest BCUT2D eigenvalue weighted by atomic mass is 32.1. The topological polar surface area (TPSA) is 9.72 Å². The van der Waals surface area contributed by atoms with Crippen molar-refractivity contribution in [2.24, 2.45) is 0 Å². The van der Waals surface area contributed by atoms with Crippen molar-refractivity contribution in [2.75, 3.05) is 28.8 Å². The van der Waals surface area contributed by atoms with Gasteiger partial charge in [0.1, 0.15) is 0 Å². The smallest absolute Gasteiger partial charge is 0.0464 e. The summed E-state index contributed by atoms with van der Waals surface area (Å²) in [6.07, 6.45) is 8.06. The number of hydrogen-bond donors (Lipinski definition) is 0. The van der Waals surface area contributed by atoms with Crippen LogP contribution in [0.4, 0.5) is 39.8 Å². The summed E-state index contributed by atoms with van der Waals surface area (Å²) in [5, 5.41) is 2.73. The minimum Gasteiger partial charge on any atom is -0.378 e. The van der Waals surface area contributed by atoms with Crippen LogP contribution in [0.2, 0.25) is 0 Å². The van der Waals surface area contributed by atoms with Crippen LogP contribution in [0.1, 0.15) is 18.1 Å². The number of hydrogen-bond acceptors (Lipinski definition) is 4. The average Bonchev–Trinajstić information content (AvgIpc) is 3.83. The minimum absolute atomic E-state index is 1.08. The van der Waals surface area contributed by atoms with E-state index in [9.17, 15) is 0 Å². The third kappa shape index (κ3) is 10.9. The van der Waals surface area contributed by atoms with Crippen LogP contribution in [-0.4, -0.2) is 14.1 Å². The molecular formula is C70H59N3S. The highest BCUT2D eigenvalue weighted by Crippen LogP contribution is 2.40. The van der Waals surface area contributed by atoms with Crippen molar-refractivity contribution in [1.82, 2.24) is 0 Å². The van der Waals surface area contributed by atoms with Crippen LogP contribution >= 0.6 is 11.3 Å². The lowest BCUT2D eigenvalue weighted by Crippen LogP contribution is -2.10. The molecule has 1 heterocycles. The van der Waals surface area contributed by atoms with Gasteiger partial charge in [-0.05, 0) is 161 Å². The highest BCUT2D eigenvalue weighted by Gasteiger charge is 2.16. The van der Waals surface area contributed by atoms with Gasteiger partial charge in [-0.15, -0.1) is 11.3 Å². The Morgan fingerprint density at radius 2 is 0.811 bits per heavy atom. The van der Waals surface area contributed by atoms with Gasteiger partial charge in [-0.1, -0.05) is 183 Å². The Labute approximate surface area is 441 Å². The molecule has 3 nitrogen and oxygen atoms in total. The predicted octanol–water partition coefficient (Wildman–Crippen LogP) is 20.2. The van der Waals surface area contributed by atoms with E-state index in [1.54, 1.807) is 0 Å². The lowest BCUT2D eigenvalue weighted by Gasteiger charge is -2.27. The van der Waals surface area contributed by atoms with E-state index in [1.807, 2.05) is 30.4 Å². The molecule has 10 aromatic carbocycles. The maximum Gasteiger partial charge on any atom is 0.0464 e. The predicted molar refractivity (Wildman–Crippen MR) is 323 cm³/mol. The first kappa shape index (κ1) is 48.7. The molecule has 1 aromatic heterocycles. The van der Waals surface area contributed by atoms with Crippen LogP contribution in [0.5, 0.6) is 0 Å². The summed E-state index contributed by atoms with van der Waals surface area (Å²) >= 11 is 1.86. The van der Waals surface area contributed by atoms with Crippen LogP contribution < -0.4 is 14.7 Å². The first-order valence-electron chi connectivity index (χ1n) is 25.2. The molecular weight excluding hydrogens is 915 g/mol. The standard InChI is InChI=1S/C56H46N2.C14H13NS/c1-4-13-43(14-5-2)46-21-31-51(32-22-46)57(52-33-23-47(24-34-52)44-16-8-6-9-17-44)53-35-27-49(28-36-53)50-29-39-55(40-30-50)58(56-20-12-15-42(3)41-56)54-37-25-48(26-38-54)45-18-10-7-11-19-45;1-15(2)10-7-8-14-12(9-10)11-5-3-4-6-13(11)16-14/h4-41H,1H2,2-3H3;3-9H,1-2H3/b14-5-,43-13+;. The van der Waals surface area contributed by atoms with Gasteiger partial charge in [0.15, 0.2) is 0 Å². The molecule has 0 radical (unpaired) electrons. The number of benzene rings is 10. The van der Waals surface area contributed by atoms with Gasteiger partial charge in [-0.25, -0.2) is 0 Å². The molecule has 0 aliphatic carbocycles. The Kier molecular flexibility index (Phi) is 14.9. The van der Waals surface area contributed by atoms with Gasteiger partial charge in [0.25, 0.3) is 0 Å². The molecule has 0 unspecified atom stereocenters. The first-order valence-corrected chi connectivity index (χ1v) is 26.0. The van der Waals surface area contributed by atoms with Gasteiger partial charge in [0, 0.05) is 74.1 Å². The molecule has 360 valence electrons. The Morgan fingerprint density at radius 3 is 1.27 bits per heavy atom. The summed E-state index contributed by atoms with van der Waals surface area (Å²) < 4.78 is 2.74. The lowest BCUT2D eigenvalue weighted by molar-refractivity contribution is 1.14. The number of thiophene rings is 1. The summed E-state index contributed by atoms with van der Waals surface area (Å²) in [4.78, 5) is 6.79. The van der Waals surface area contributed by atoms with Crippen LogP contribution in [0, 0.1) is 6.92 Å².